The highest BCUT2D eigenvalue weighted by Gasteiger charge is 1.91. The third-order valence-corrected chi connectivity index (χ3v) is 1.49. The van der Waals surface area contributed by atoms with E-state index in [-0.39, 0.29) is 0 Å². The van der Waals surface area contributed by atoms with Crippen LogP contribution in [-0.4, -0.2) is 4.98 Å². The number of pyridine rings is 1. The molecule has 1 aromatic heterocycles. The highest BCUT2D eigenvalue weighted by molar-refractivity contribution is 5.53. The molecule has 0 amide bonds. The maximum Gasteiger partial charge on any atom is 0.0444 e. The molecule has 0 saturated heterocycles. The fourth-order valence-electron chi connectivity index (χ4n) is 0.960. The zero-order valence-electron chi connectivity index (χ0n) is 7.26. The molecule has 1 heterocycles. The average molecular weight is 147 g/mol. The van der Waals surface area contributed by atoms with E-state index >= 15 is 0 Å². The van der Waals surface area contributed by atoms with E-state index in [0.29, 0.717) is 0 Å². The van der Waals surface area contributed by atoms with Crippen molar-refractivity contribution in [3.8, 4) is 0 Å². The lowest BCUT2D eigenvalue weighted by Crippen LogP contribution is -1.83. The molecule has 0 radical (unpaired) electrons. The topological polar surface area (TPSA) is 12.9 Å². The normalized spacial score (nSPS) is 9.36. The van der Waals surface area contributed by atoms with Crippen LogP contribution >= 0.6 is 0 Å². The largest absolute Gasteiger partial charge is 0.261 e. The van der Waals surface area contributed by atoms with Gasteiger partial charge in [-0.2, -0.15) is 0 Å². The lowest BCUT2D eigenvalue weighted by atomic mass is 10.1. The molecule has 0 aliphatic carbocycles. The lowest BCUT2D eigenvalue weighted by molar-refractivity contribution is 1.19. The van der Waals surface area contributed by atoms with Gasteiger partial charge in [-0.3, -0.25) is 4.98 Å². The molecule has 58 valence electrons. The van der Waals surface area contributed by atoms with E-state index in [1.807, 2.05) is 19.2 Å². The fourth-order valence-corrected chi connectivity index (χ4v) is 0.960. The third-order valence-electron chi connectivity index (χ3n) is 1.49. The first-order chi connectivity index (χ1) is 5.20. The van der Waals surface area contributed by atoms with Gasteiger partial charge in [0.25, 0.3) is 0 Å². The van der Waals surface area contributed by atoms with Crippen LogP contribution in [0.3, 0.4) is 0 Å². The van der Waals surface area contributed by atoms with Gasteiger partial charge >= 0.3 is 0 Å². The van der Waals surface area contributed by atoms with Crippen molar-refractivity contribution in [1.82, 2.24) is 4.98 Å². The molecule has 0 unspecified atom stereocenters. The van der Waals surface area contributed by atoms with Gasteiger partial charge in [0, 0.05) is 11.9 Å². The van der Waals surface area contributed by atoms with Crippen LogP contribution in [0, 0.1) is 6.92 Å². The van der Waals surface area contributed by atoms with Crippen molar-refractivity contribution in [1.29, 1.82) is 0 Å². The summed E-state index contributed by atoms with van der Waals surface area (Å²) in [5.41, 5.74) is 3.61. The molecule has 0 saturated carbocycles. The summed E-state index contributed by atoms with van der Waals surface area (Å²) in [7, 11) is 0. The molecule has 0 N–H and O–H groups in total. The Balaban J connectivity index is 3.04. The molecule has 11 heavy (non-hydrogen) atoms. The summed E-state index contributed by atoms with van der Waals surface area (Å²) < 4.78 is 0. The van der Waals surface area contributed by atoms with Crippen LogP contribution in [0.1, 0.15) is 25.1 Å². The van der Waals surface area contributed by atoms with E-state index in [4.69, 9.17) is 0 Å². The Morgan fingerprint density at radius 2 is 2.18 bits per heavy atom. The number of nitrogens with zero attached hydrogens (tertiary/aromatic N) is 1. The van der Waals surface area contributed by atoms with Gasteiger partial charge in [0.2, 0.25) is 0 Å². The second kappa shape index (κ2) is 3.33. The van der Waals surface area contributed by atoms with E-state index in [2.05, 4.69) is 31.0 Å². The van der Waals surface area contributed by atoms with E-state index in [1.165, 1.54) is 11.1 Å². The van der Waals surface area contributed by atoms with E-state index < -0.39 is 0 Å². The number of hydrogen-bond acceptors (Lipinski definition) is 1. The standard InChI is InChI=1S/C10H13N/c1-8(2)7-10-5-4-6-11-9(10)3/h4-7H,1-3H3. The summed E-state index contributed by atoms with van der Waals surface area (Å²) in [6, 6.07) is 4.04. The predicted molar refractivity (Wildman–Crippen MR) is 48.3 cm³/mol. The second-order valence-electron chi connectivity index (χ2n) is 2.90. The number of aromatic nitrogens is 1. The minimum atomic E-state index is 1.09. The summed E-state index contributed by atoms with van der Waals surface area (Å²) in [4.78, 5) is 4.19. The molecule has 0 fully saturated rings. The van der Waals surface area contributed by atoms with Crippen LogP contribution in [0.2, 0.25) is 0 Å². The van der Waals surface area contributed by atoms with Crippen molar-refractivity contribution in [3.05, 3.63) is 35.2 Å². The van der Waals surface area contributed by atoms with Crippen molar-refractivity contribution in [2.45, 2.75) is 20.8 Å². The highest BCUT2D eigenvalue weighted by atomic mass is 14.7. The molecule has 0 atom stereocenters. The Hall–Kier alpha value is -1.11. The summed E-state index contributed by atoms with van der Waals surface area (Å²) in [5.74, 6) is 0. The Labute approximate surface area is 67.8 Å². The maximum atomic E-state index is 4.19. The Bertz CT molecular complexity index is 270. The van der Waals surface area contributed by atoms with Crippen LogP contribution < -0.4 is 0 Å². The molecule has 0 aliphatic heterocycles. The van der Waals surface area contributed by atoms with Gasteiger partial charge in [-0.25, -0.2) is 0 Å². The second-order valence-corrected chi connectivity index (χ2v) is 2.90. The van der Waals surface area contributed by atoms with E-state index in [9.17, 15) is 0 Å². The number of hydrogen-bond donors (Lipinski definition) is 0. The van der Waals surface area contributed by atoms with Crippen LogP contribution in [0.25, 0.3) is 6.08 Å². The Kier molecular flexibility index (Phi) is 2.42. The van der Waals surface area contributed by atoms with E-state index in [0.717, 1.165) is 5.69 Å². The zero-order valence-corrected chi connectivity index (χ0v) is 7.26. The van der Waals surface area contributed by atoms with Crippen molar-refractivity contribution >= 4 is 6.08 Å². The lowest BCUT2D eigenvalue weighted by Gasteiger charge is -1.97. The van der Waals surface area contributed by atoms with E-state index in [1.54, 1.807) is 0 Å². The smallest absolute Gasteiger partial charge is 0.0444 e. The molecule has 1 aromatic rings. The molecule has 1 rings (SSSR count). The van der Waals surface area contributed by atoms with Gasteiger partial charge in [-0.1, -0.05) is 17.7 Å². The van der Waals surface area contributed by atoms with Crippen LogP contribution in [0.4, 0.5) is 0 Å². The predicted octanol–water partition coefficient (Wildman–Crippen LogP) is 2.81. The third kappa shape index (κ3) is 2.19. The molecule has 0 bridgehead atoms. The molecular weight excluding hydrogens is 134 g/mol. The van der Waals surface area contributed by atoms with Gasteiger partial charge < -0.3 is 0 Å². The zero-order chi connectivity index (χ0) is 8.27. The Morgan fingerprint density at radius 3 is 2.73 bits per heavy atom. The first-order valence-electron chi connectivity index (χ1n) is 3.76. The minimum Gasteiger partial charge on any atom is -0.261 e. The van der Waals surface area contributed by atoms with Crippen LogP contribution in [-0.2, 0) is 0 Å². The first-order valence-corrected chi connectivity index (χ1v) is 3.76. The van der Waals surface area contributed by atoms with Gasteiger partial charge in [0.1, 0.15) is 0 Å². The average Bonchev–Trinajstić information content (AvgIpc) is 1.93. The fraction of sp³-hybridized carbons (Fsp3) is 0.300. The van der Waals surface area contributed by atoms with Crippen LogP contribution in [0.15, 0.2) is 23.9 Å². The molecular formula is C10H13N. The van der Waals surface area contributed by atoms with Gasteiger partial charge in [-0.05, 0) is 32.4 Å². The number of rotatable bonds is 1. The van der Waals surface area contributed by atoms with Crippen molar-refractivity contribution in [3.63, 3.8) is 0 Å². The Morgan fingerprint density at radius 1 is 1.45 bits per heavy atom. The highest BCUT2D eigenvalue weighted by Crippen LogP contribution is 2.08. The molecule has 1 heteroatoms. The SMILES string of the molecule is CC(C)=Cc1cccnc1C. The molecule has 0 spiro atoms. The molecule has 0 aliphatic rings. The van der Waals surface area contributed by atoms with Gasteiger partial charge in [0.05, 0.1) is 0 Å². The summed E-state index contributed by atoms with van der Waals surface area (Å²) >= 11 is 0. The maximum absolute atomic E-state index is 4.19. The van der Waals surface area contributed by atoms with Crippen LogP contribution in [0.5, 0.6) is 0 Å². The first kappa shape index (κ1) is 7.99. The van der Waals surface area contributed by atoms with Gasteiger partial charge in [-0.15, -0.1) is 0 Å². The summed E-state index contributed by atoms with van der Waals surface area (Å²) in [5, 5.41) is 0. The quantitative estimate of drug-likeness (QED) is 0.595. The number of allylic oxidation sites excluding steroid dienone is 1. The van der Waals surface area contributed by atoms with Gasteiger partial charge in [0.15, 0.2) is 0 Å². The minimum absolute atomic E-state index is 1.09. The van der Waals surface area contributed by atoms with Crippen molar-refractivity contribution in [2.24, 2.45) is 0 Å². The monoisotopic (exact) mass is 147 g/mol. The molecule has 0 aromatic carbocycles. The molecule has 1 nitrogen and oxygen atoms in total. The van der Waals surface area contributed by atoms with Crippen molar-refractivity contribution in [2.75, 3.05) is 0 Å². The summed E-state index contributed by atoms with van der Waals surface area (Å²) in [6.45, 7) is 6.20. The van der Waals surface area contributed by atoms with Crippen molar-refractivity contribution < 1.29 is 0 Å². The number of aryl methyl sites for hydroxylation is 1. The summed E-state index contributed by atoms with van der Waals surface area (Å²) in [6.07, 6.45) is 3.96.